The minimum absolute atomic E-state index is 0.289. The van der Waals surface area contributed by atoms with Crippen molar-refractivity contribution in [3.05, 3.63) is 35.4 Å². The molecule has 0 bridgehead atoms. The van der Waals surface area contributed by atoms with Crippen molar-refractivity contribution >= 4 is 6.09 Å². The molecule has 0 spiro atoms. The number of piperidine rings is 1. The Balaban J connectivity index is 2.07. The zero-order valence-corrected chi connectivity index (χ0v) is 13.8. The van der Waals surface area contributed by atoms with Crippen LogP contribution in [-0.4, -0.2) is 29.7 Å². The van der Waals surface area contributed by atoms with E-state index >= 15 is 0 Å². The first-order valence-corrected chi connectivity index (χ1v) is 7.72. The molecule has 0 saturated carbocycles. The van der Waals surface area contributed by atoms with Crippen molar-refractivity contribution in [3.8, 4) is 6.07 Å². The van der Waals surface area contributed by atoms with Crippen LogP contribution in [0.5, 0.6) is 0 Å². The maximum absolute atomic E-state index is 12.1. The van der Waals surface area contributed by atoms with Gasteiger partial charge < -0.3 is 9.64 Å². The van der Waals surface area contributed by atoms with Gasteiger partial charge in [-0.2, -0.15) is 5.26 Å². The van der Waals surface area contributed by atoms with Gasteiger partial charge in [-0.1, -0.05) is 29.8 Å². The van der Waals surface area contributed by atoms with Crippen LogP contribution in [0.1, 0.15) is 44.7 Å². The molecule has 0 aliphatic carbocycles. The molecule has 118 valence electrons. The second-order valence-corrected chi connectivity index (χ2v) is 7.03. The Bertz CT molecular complexity index is 571. The Morgan fingerprint density at radius 2 is 1.77 bits per heavy atom. The van der Waals surface area contributed by atoms with Crippen LogP contribution in [0.3, 0.4) is 0 Å². The maximum atomic E-state index is 12.1. The van der Waals surface area contributed by atoms with Gasteiger partial charge in [0, 0.05) is 13.1 Å². The van der Waals surface area contributed by atoms with Crippen LogP contribution in [0.2, 0.25) is 0 Å². The van der Waals surface area contributed by atoms with Gasteiger partial charge in [0.25, 0.3) is 0 Å². The average Bonchev–Trinajstić information content (AvgIpc) is 2.46. The highest BCUT2D eigenvalue weighted by Gasteiger charge is 2.38. The van der Waals surface area contributed by atoms with Crippen molar-refractivity contribution < 1.29 is 9.53 Å². The summed E-state index contributed by atoms with van der Waals surface area (Å²) in [5.74, 6) is 0. The number of ether oxygens (including phenoxy) is 1. The van der Waals surface area contributed by atoms with E-state index in [1.807, 2.05) is 52.0 Å². The Hall–Kier alpha value is -2.02. The van der Waals surface area contributed by atoms with Crippen molar-refractivity contribution in [1.82, 2.24) is 4.90 Å². The number of hydrogen-bond acceptors (Lipinski definition) is 3. The molecule has 0 aromatic heterocycles. The SMILES string of the molecule is Cc1ccc(C2(C#N)CCN(C(=O)OC(C)(C)C)CC2)cc1. The van der Waals surface area contributed by atoms with Crippen molar-refractivity contribution in [2.24, 2.45) is 0 Å². The number of hydrogen-bond donors (Lipinski definition) is 0. The number of nitrogens with zero attached hydrogens (tertiary/aromatic N) is 2. The van der Waals surface area contributed by atoms with E-state index in [1.54, 1.807) is 4.90 Å². The average molecular weight is 300 g/mol. The number of benzene rings is 1. The van der Waals surface area contributed by atoms with Gasteiger partial charge in [-0.15, -0.1) is 0 Å². The number of likely N-dealkylation sites (tertiary alicyclic amines) is 1. The summed E-state index contributed by atoms with van der Waals surface area (Å²) < 4.78 is 5.40. The van der Waals surface area contributed by atoms with Crippen molar-refractivity contribution in [1.29, 1.82) is 5.26 Å². The van der Waals surface area contributed by atoms with E-state index < -0.39 is 11.0 Å². The van der Waals surface area contributed by atoms with Crippen LogP contribution in [0.4, 0.5) is 4.79 Å². The Kier molecular flexibility index (Phi) is 4.46. The van der Waals surface area contributed by atoms with Crippen molar-refractivity contribution in [2.45, 2.75) is 51.6 Å². The van der Waals surface area contributed by atoms with E-state index in [-0.39, 0.29) is 6.09 Å². The summed E-state index contributed by atoms with van der Waals surface area (Å²) in [7, 11) is 0. The van der Waals surface area contributed by atoms with Crippen LogP contribution in [-0.2, 0) is 10.2 Å². The summed E-state index contributed by atoms with van der Waals surface area (Å²) in [5, 5.41) is 9.69. The first-order valence-electron chi connectivity index (χ1n) is 7.72. The summed E-state index contributed by atoms with van der Waals surface area (Å²) in [6, 6.07) is 10.6. The molecule has 0 radical (unpaired) electrons. The number of carbonyl (C=O) groups excluding carboxylic acids is 1. The van der Waals surface area contributed by atoms with E-state index in [9.17, 15) is 10.1 Å². The third-order valence-corrected chi connectivity index (χ3v) is 4.09. The maximum Gasteiger partial charge on any atom is 0.410 e. The highest BCUT2D eigenvalue weighted by Crippen LogP contribution is 2.35. The molecule has 2 rings (SSSR count). The lowest BCUT2D eigenvalue weighted by molar-refractivity contribution is 0.0185. The monoisotopic (exact) mass is 300 g/mol. The van der Waals surface area contributed by atoms with Gasteiger partial charge in [0.1, 0.15) is 5.60 Å². The Labute approximate surface area is 132 Å². The molecule has 0 N–H and O–H groups in total. The van der Waals surface area contributed by atoms with Gasteiger partial charge >= 0.3 is 6.09 Å². The summed E-state index contributed by atoms with van der Waals surface area (Å²) >= 11 is 0. The molecule has 1 amide bonds. The molecule has 1 aliphatic heterocycles. The van der Waals surface area contributed by atoms with Crippen LogP contribution in [0.25, 0.3) is 0 Å². The summed E-state index contributed by atoms with van der Waals surface area (Å²) in [4.78, 5) is 13.8. The molecule has 1 aromatic rings. The topological polar surface area (TPSA) is 53.3 Å². The molecule has 0 unspecified atom stereocenters. The summed E-state index contributed by atoms with van der Waals surface area (Å²) in [6.07, 6.45) is 1.00. The Morgan fingerprint density at radius 1 is 1.23 bits per heavy atom. The third kappa shape index (κ3) is 3.59. The second-order valence-electron chi connectivity index (χ2n) is 7.03. The number of carbonyl (C=O) groups is 1. The molecule has 1 heterocycles. The minimum Gasteiger partial charge on any atom is -0.444 e. The number of nitriles is 1. The number of amides is 1. The lowest BCUT2D eigenvalue weighted by atomic mass is 9.74. The van der Waals surface area contributed by atoms with E-state index in [4.69, 9.17) is 4.74 Å². The predicted molar refractivity (Wildman–Crippen MR) is 85.5 cm³/mol. The number of rotatable bonds is 1. The van der Waals surface area contributed by atoms with Gasteiger partial charge in [-0.05, 0) is 46.1 Å². The lowest BCUT2D eigenvalue weighted by Crippen LogP contribution is -2.46. The van der Waals surface area contributed by atoms with E-state index in [2.05, 4.69) is 6.07 Å². The van der Waals surface area contributed by atoms with Gasteiger partial charge in [0.05, 0.1) is 11.5 Å². The molecule has 1 aliphatic rings. The zero-order valence-electron chi connectivity index (χ0n) is 13.8. The minimum atomic E-state index is -0.494. The van der Waals surface area contributed by atoms with Gasteiger partial charge in [0.2, 0.25) is 0 Å². The van der Waals surface area contributed by atoms with Gasteiger partial charge in [-0.25, -0.2) is 4.79 Å². The van der Waals surface area contributed by atoms with Crippen LogP contribution < -0.4 is 0 Å². The molecule has 4 heteroatoms. The molecule has 22 heavy (non-hydrogen) atoms. The molecule has 0 atom stereocenters. The largest absolute Gasteiger partial charge is 0.444 e. The molecule has 1 saturated heterocycles. The highest BCUT2D eigenvalue weighted by atomic mass is 16.6. The third-order valence-electron chi connectivity index (χ3n) is 4.09. The predicted octanol–water partition coefficient (Wildman–Crippen LogP) is 3.79. The molecular weight excluding hydrogens is 276 g/mol. The highest BCUT2D eigenvalue weighted by molar-refractivity contribution is 5.68. The zero-order chi connectivity index (χ0) is 16.4. The summed E-state index contributed by atoms with van der Waals surface area (Å²) in [5.41, 5.74) is 1.25. The Morgan fingerprint density at radius 3 is 2.23 bits per heavy atom. The molecular formula is C18H24N2O2. The van der Waals surface area contributed by atoms with Crippen LogP contribution in [0.15, 0.2) is 24.3 Å². The van der Waals surface area contributed by atoms with Crippen molar-refractivity contribution in [2.75, 3.05) is 13.1 Å². The van der Waals surface area contributed by atoms with E-state index in [1.165, 1.54) is 5.56 Å². The van der Waals surface area contributed by atoms with Gasteiger partial charge in [0.15, 0.2) is 0 Å². The summed E-state index contributed by atoms with van der Waals surface area (Å²) in [6.45, 7) is 8.73. The van der Waals surface area contributed by atoms with Crippen LogP contribution >= 0.6 is 0 Å². The standard InChI is InChI=1S/C18H24N2O2/c1-14-5-7-15(8-6-14)18(13-19)9-11-20(12-10-18)16(21)22-17(2,3)4/h5-8H,9-12H2,1-4H3. The van der Waals surface area contributed by atoms with E-state index in [0.717, 1.165) is 5.56 Å². The first-order chi connectivity index (χ1) is 10.3. The quantitative estimate of drug-likeness (QED) is 0.793. The molecule has 4 nitrogen and oxygen atoms in total. The fourth-order valence-electron chi connectivity index (χ4n) is 2.74. The lowest BCUT2D eigenvalue weighted by Gasteiger charge is -2.38. The van der Waals surface area contributed by atoms with Gasteiger partial charge in [-0.3, -0.25) is 0 Å². The normalized spacial score (nSPS) is 17.7. The fraction of sp³-hybridized carbons (Fsp3) is 0.556. The van der Waals surface area contributed by atoms with E-state index in [0.29, 0.717) is 25.9 Å². The number of aryl methyl sites for hydroxylation is 1. The molecule has 1 fully saturated rings. The second kappa shape index (κ2) is 6.00. The molecule has 1 aromatic carbocycles. The first kappa shape index (κ1) is 16.4. The smallest absolute Gasteiger partial charge is 0.410 e. The van der Waals surface area contributed by atoms with Crippen LogP contribution in [0, 0.1) is 18.3 Å². The van der Waals surface area contributed by atoms with Crippen molar-refractivity contribution in [3.63, 3.8) is 0 Å². The fourth-order valence-corrected chi connectivity index (χ4v) is 2.74.